The van der Waals surface area contributed by atoms with E-state index in [2.05, 4.69) is 9.88 Å². The fraction of sp³-hybridized carbons (Fsp3) is 0.636. The average Bonchev–Trinajstić information content (AvgIpc) is 2.59. The molecule has 5 nitrogen and oxygen atoms in total. The summed E-state index contributed by atoms with van der Waals surface area (Å²) < 4.78 is 5.29. The number of hydrogen-bond donors (Lipinski definition) is 1. The number of thiazole rings is 1. The first kappa shape index (κ1) is 12.5. The summed E-state index contributed by atoms with van der Waals surface area (Å²) in [6.45, 7) is 6.03. The van der Waals surface area contributed by atoms with Crippen molar-refractivity contribution in [3.05, 3.63) is 15.6 Å². The zero-order valence-electron chi connectivity index (χ0n) is 9.81. The Bertz CT molecular complexity index is 399. The van der Waals surface area contributed by atoms with E-state index in [0.29, 0.717) is 5.69 Å². The van der Waals surface area contributed by atoms with Gasteiger partial charge in [0.25, 0.3) is 0 Å². The van der Waals surface area contributed by atoms with Crippen molar-refractivity contribution in [3.8, 4) is 0 Å². The number of aliphatic carboxylic acids is 1. The van der Waals surface area contributed by atoms with Crippen LogP contribution in [0.4, 0.5) is 0 Å². The molecule has 1 aliphatic rings. The van der Waals surface area contributed by atoms with Crippen molar-refractivity contribution in [1.82, 2.24) is 9.88 Å². The molecule has 1 aromatic rings. The second-order valence-corrected chi connectivity index (χ2v) is 5.35. The van der Waals surface area contributed by atoms with Crippen LogP contribution in [0.15, 0.2) is 0 Å². The number of carboxylic acids is 1. The summed E-state index contributed by atoms with van der Waals surface area (Å²) in [5.41, 5.74) is 0.714. The molecule has 0 atom stereocenters. The molecule has 0 bridgehead atoms. The van der Waals surface area contributed by atoms with Gasteiger partial charge in [-0.1, -0.05) is 0 Å². The first-order valence-electron chi connectivity index (χ1n) is 5.62. The van der Waals surface area contributed by atoms with Crippen LogP contribution in [0.1, 0.15) is 15.6 Å². The number of aryl methyl sites for hydroxylation is 1. The molecule has 0 saturated carbocycles. The van der Waals surface area contributed by atoms with Crippen LogP contribution in [-0.4, -0.2) is 47.3 Å². The lowest BCUT2D eigenvalue weighted by Gasteiger charge is -2.26. The molecule has 0 spiro atoms. The van der Waals surface area contributed by atoms with Crippen molar-refractivity contribution in [2.45, 2.75) is 19.9 Å². The molecule has 1 aromatic heterocycles. The Kier molecular flexibility index (Phi) is 4.09. The van der Waals surface area contributed by atoms with Crippen LogP contribution in [0.25, 0.3) is 0 Å². The number of nitrogens with zero attached hydrogens (tertiary/aromatic N) is 2. The lowest BCUT2D eigenvalue weighted by molar-refractivity contribution is -0.136. The molecule has 17 heavy (non-hydrogen) atoms. The minimum absolute atomic E-state index is 0.0179. The third-order valence-corrected chi connectivity index (χ3v) is 3.67. The van der Waals surface area contributed by atoms with Crippen LogP contribution < -0.4 is 0 Å². The van der Waals surface area contributed by atoms with Gasteiger partial charge in [0.15, 0.2) is 0 Å². The monoisotopic (exact) mass is 256 g/mol. The number of carboxylic acid groups (broad SMARTS) is 1. The first-order chi connectivity index (χ1) is 8.15. The average molecular weight is 256 g/mol. The Balaban J connectivity index is 2.05. The van der Waals surface area contributed by atoms with Crippen LogP contribution in [-0.2, 0) is 22.5 Å². The van der Waals surface area contributed by atoms with Crippen molar-refractivity contribution in [1.29, 1.82) is 0 Å². The van der Waals surface area contributed by atoms with Gasteiger partial charge in [-0.15, -0.1) is 11.3 Å². The maximum absolute atomic E-state index is 10.8. The normalized spacial score (nSPS) is 17.2. The standard InChI is InChI=1S/C11H16N2O3S/c1-8-12-9(6-11(14)15)10(17-8)7-13-2-4-16-5-3-13/h2-7H2,1H3,(H,14,15). The molecular formula is C11H16N2O3S. The van der Waals surface area contributed by atoms with Crippen LogP contribution in [0.5, 0.6) is 0 Å². The van der Waals surface area contributed by atoms with Crippen LogP contribution in [0, 0.1) is 6.92 Å². The Labute approximate surface area is 104 Å². The minimum Gasteiger partial charge on any atom is -0.481 e. The summed E-state index contributed by atoms with van der Waals surface area (Å²) >= 11 is 1.59. The van der Waals surface area contributed by atoms with Crippen molar-refractivity contribution in [2.75, 3.05) is 26.3 Å². The molecule has 6 heteroatoms. The van der Waals surface area contributed by atoms with Crippen LogP contribution in [0.3, 0.4) is 0 Å². The molecule has 1 saturated heterocycles. The fourth-order valence-electron chi connectivity index (χ4n) is 1.88. The molecule has 1 N–H and O–H groups in total. The topological polar surface area (TPSA) is 62.7 Å². The molecule has 1 aliphatic heterocycles. The van der Waals surface area contributed by atoms with Gasteiger partial charge in [-0.2, -0.15) is 0 Å². The highest BCUT2D eigenvalue weighted by molar-refractivity contribution is 7.11. The van der Waals surface area contributed by atoms with Gasteiger partial charge in [0.05, 0.1) is 30.3 Å². The molecule has 2 heterocycles. The fourth-order valence-corrected chi connectivity index (χ4v) is 2.87. The molecular weight excluding hydrogens is 240 g/mol. The van der Waals surface area contributed by atoms with E-state index in [1.54, 1.807) is 11.3 Å². The lowest BCUT2D eigenvalue weighted by Crippen LogP contribution is -2.35. The SMILES string of the molecule is Cc1nc(CC(=O)O)c(CN2CCOCC2)s1. The van der Waals surface area contributed by atoms with E-state index in [1.165, 1.54) is 0 Å². The van der Waals surface area contributed by atoms with Crippen molar-refractivity contribution in [2.24, 2.45) is 0 Å². The second kappa shape index (κ2) is 5.57. The highest BCUT2D eigenvalue weighted by Gasteiger charge is 2.17. The van der Waals surface area contributed by atoms with Crippen LogP contribution in [0.2, 0.25) is 0 Å². The predicted molar refractivity (Wildman–Crippen MR) is 64.3 cm³/mol. The lowest BCUT2D eigenvalue weighted by atomic mass is 10.2. The summed E-state index contributed by atoms with van der Waals surface area (Å²) in [5, 5.41) is 9.77. The van der Waals surface area contributed by atoms with E-state index in [-0.39, 0.29) is 6.42 Å². The Morgan fingerprint density at radius 3 is 2.88 bits per heavy atom. The zero-order valence-corrected chi connectivity index (χ0v) is 10.6. The number of rotatable bonds is 4. The zero-order chi connectivity index (χ0) is 12.3. The summed E-state index contributed by atoms with van der Waals surface area (Å²) in [5.74, 6) is -0.821. The highest BCUT2D eigenvalue weighted by atomic mass is 32.1. The number of aromatic nitrogens is 1. The van der Waals surface area contributed by atoms with Gasteiger partial charge in [0.2, 0.25) is 0 Å². The van der Waals surface area contributed by atoms with Crippen LogP contribution >= 0.6 is 11.3 Å². The Morgan fingerprint density at radius 2 is 2.24 bits per heavy atom. The smallest absolute Gasteiger partial charge is 0.309 e. The number of carbonyl (C=O) groups is 1. The maximum atomic E-state index is 10.8. The minimum atomic E-state index is -0.821. The molecule has 1 fully saturated rings. The van der Waals surface area contributed by atoms with Gasteiger partial charge >= 0.3 is 5.97 Å². The summed E-state index contributed by atoms with van der Waals surface area (Å²) in [4.78, 5) is 18.4. The summed E-state index contributed by atoms with van der Waals surface area (Å²) in [6, 6.07) is 0. The van der Waals surface area contributed by atoms with Gasteiger partial charge in [-0.05, 0) is 6.92 Å². The number of morpholine rings is 1. The molecule has 0 aromatic carbocycles. The number of hydrogen-bond acceptors (Lipinski definition) is 5. The van der Waals surface area contributed by atoms with E-state index in [0.717, 1.165) is 42.7 Å². The second-order valence-electron chi connectivity index (χ2n) is 4.06. The van der Waals surface area contributed by atoms with Gasteiger partial charge in [-0.3, -0.25) is 9.69 Å². The van der Waals surface area contributed by atoms with E-state index < -0.39 is 5.97 Å². The van der Waals surface area contributed by atoms with Crippen molar-refractivity contribution < 1.29 is 14.6 Å². The third kappa shape index (κ3) is 3.49. The Morgan fingerprint density at radius 1 is 1.53 bits per heavy atom. The molecule has 0 unspecified atom stereocenters. The molecule has 0 amide bonds. The third-order valence-electron chi connectivity index (χ3n) is 2.67. The quantitative estimate of drug-likeness (QED) is 0.867. The first-order valence-corrected chi connectivity index (χ1v) is 6.44. The largest absolute Gasteiger partial charge is 0.481 e. The van der Waals surface area contributed by atoms with E-state index in [9.17, 15) is 4.79 Å². The van der Waals surface area contributed by atoms with Gasteiger partial charge in [0, 0.05) is 24.5 Å². The molecule has 0 aliphatic carbocycles. The van der Waals surface area contributed by atoms with E-state index >= 15 is 0 Å². The van der Waals surface area contributed by atoms with Crippen molar-refractivity contribution >= 4 is 17.3 Å². The predicted octanol–water partition coefficient (Wildman–Crippen LogP) is 0.911. The van der Waals surface area contributed by atoms with Gasteiger partial charge in [-0.25, -0.2) is 4.98 Å². The van der Waals surface area contributed by atoms with Gasteiger partial charge < -0.3 is 9.84 Å². The summed E-state index contributed by atoms with van der Waals surface area (Å²) in [7, 11) is 0. The molecule has 94 valence electrons. The van der Waals surface area contributed by atoms with Gasteiger partial charge in [0.1, 0.15) is 0 Å². The summed E-state index contributed by atoms with van der Waals surface area (Å²) in [6.07, 6.45) is 0.0179. The molecule has 2 rings (SSSR count). The highest BCUT2D eigenvalue weighted by Crippen LogP contribution is 2.21. The van der Waals surface area contributed by atoms with E-state index in [4.69, 9.17) is 9.84 Å². The number of ether oxygens (including phenoxy) is 1. The maximum Gasteiger partial charge on any atom is 0.309 e. The van der Waals surface area contributed by atoms with Crippen molar-refractivity contribution in [3.63, 3.8) is 0 Å². The van der Waals surface area contributed by atoms with E-state index in [1.807, 2.05) is 6.92 Å². The Hall–Kier alpha value is -0.980. The molecule has 0 radical (unpaired) electrons.